The van der Waals surface area contributed by atoms with E-state index in [-0.39, 0.29) is 44.6 Å². The van der Waals surface area contributed by atoms with Crippen molar-refractivity contribution >= 4 is 68.0 Å². The van der Waals surface area contributed by atoms with E-state index in [0.717, 1.165) is 55.8 Å². The summed E-state index contributed by atoms with van der Waals surface area (Å²) in [4.78, 5) is 20.2. The summed E-state index contributed by atoms with van der Waals surface area (Å²) in [6, 6.07) is 24.6. The zero-order valence-corrected chi connectivity index (χ0v) is 32.9. The van der Waals surface area contributed by atoms with E-state index in [0.29, 0.717) is 12.0 Å². The number of nitrogens with two attached hydrogens (primary N) is 1. The number of nitro groups is 1. The smallest absolute Gasteiger partial charge is 0.272 e. The van der Waals surface area contributed by atoms with Crippen LogP contribution in [-0.4, -0.2) is 14.9 Å². The molecule has 6 aromatic rings. The number of thiazole rings is 2. The van der Waals surface area contributed by atoms with Gasteiger partial charge in [-0.1, -0.05) is 65.7 Å². The van der Waals surface area contributed by atoms with Crippen LogP contribution >= 0.6 is 56.6 Å². The average Bonchev–Trinajstić information content (AvgIpc) is 3.69. The number of nitro benzene ring substituents is 1. The van der Waals surface area contributed by atoms with Gasteiger partial charge in [0.2, 0.25) is 0 Å². The molecule has 0 aliphatic rings. The Morgan fingerprint density at radius 3 is 1.48 bits per heavy atom. The molecule has 250 valence electrons. The number of anilines is 1. The van der Waals surface area contributed by atoms with Crippen LogP contribution in [-0.2, 0) is 12.8 Å². The van der Waals surface area contributed by atoms with Crippen molar-refractivity contribution in [2.45, 2.75) is 54.4 Å². The average molecular weight is 809 g/mol. The lowest BCUT2D eigenvalue weighted by atomic mass is 10.0. The SMILES string of the molecule is Br.Br.Cc1ccc(-c2csc(Cc3cc(C)c(N)cc3C)n2)cc1.Cc1ccc(-c2csc(Cc3cc(C)c([N+](=O)[O-])cc3C)n2)cc1. The summed E-state index contributed by atoms with van der Waals surface area (Å²) >= 11 is 3.34. The van der Waals surface area contributed by atoms with Gasteiger partial charge in [0.25, 0.3) is 5.69 Å². The molecule has 2 N–H and O–H groups in total. The third-order valence-electron chi connectivity index (χ3n) is 8.06. The second-order valence-electron chi connectivity index (χ2n) is 11.8. The molecule has 6 nitrogen and oxygen atoms in total. The van der Waals surface area contributed by atoms with Crippen molar-refractivity contribution in [3.8, 4) is 22.5 Å². The topological polar surface area (TPSA) is 94.9 Å². The van der Waals surface area contributed by atoms with Crippen LogP contribution in [0.15, 0.2) is 83.6 Å². The Kier molecular flexibility index (Phi) is 13.8. The van der Waals surface area contributed by atoms with Gasteiger partial charge in [-0.2, -0.15) is 0 Å². The summed E-state index contributed by atoms with van der Waals surface area (Å²) in [5, 5.41) is 17.4. The molecule has 0 aliphatic heterocycles. The van der Waals surface area contributed by atoms with Gasteiger partial charge >= 0.3 is 0 Å². The maximum absolute atomic E-state index is 11.0. The van der Waals surface area contributed by atoms with E-state index in [2.05, 4.69) is 99.1 Å². The highest BCUT2D eigenvalue weighted by Gasteiger charge is 2.15. The minimum atomic E-state index is -0.328. The molecule has 6 rings (SSSR count). The highest BCUT2D eigenvalue weighted by molar-refractivity contribution is 8.93. The number of rotatable bonds is 7. The lowest BCUT2D eigenvalue weighted by molar-refractivity contribution is -0.385. The van der Waals surface area contributed by atoms with Crippen LogP contribution in [0.2, 0.25) is 0 Å². The van der Waals surface area contributed by atoms with E-state index in [4.69, 9.17) is 15.7 Å². The van der Waals surface area contributed by atoms with Crippen LogP contribution in [0.1, 0.15) is 54.5 Å². The second kappa shape index (κ2) is 17.1. The van der Waals surface area contributed by atoms with E-state index in [9.17, 15) is 10.1 Å². The van der Waals surface area contributed by atoms with Crippen molar-refractivity contribution < 1.29 is 4.92 Å². The van der Waals surface area contributed by atoms with Crippen molar-refractivity contribution in [3.05, 3.63) is 148 Å². The monoisotopic (exact) mass is 806 g/mol. The maximum atomic E-state index is 11.0. The Bertz CT molecular complexity index is 2000. The molecule has 0 unspecified atom stereocenters. The Morgan fingerprint density at radius 1 is 0.625 bits per heavy atom. The number of nitrogen functional groups attached to an aromatic ring is 1. The fourth-order valence-electron chi connectivity index (χ4n) is 5.16. The van der Waals surface area contributed by atoms with Crippen molar-refractivity contribution in [2.75, 3.05) is 5.73 Å². The van der Waals surface area contributed by atoms with E-state index in [1.54, 1.807) is 35.7 Å². The largest absolute Gasteiger partial charge is 0.399 e. The maximum Gasteiger partial charge on any atom is 0.272 e. The molecule has 0 fully saturated rings. The summed E-state index contributed by atoms with van der Waals surface area (Å²) in [5.74, 6) is 0. The van der Waals surface area contributed by atoms with Gasteiger partial charge in [-0.15, -0.1) is 56.6 Å². The molecule has 10 heteroatoms. The Labute approximate surface area is 311 Å². The highest BCUT2D eigenvalue weighted by Crippen LogP contribution is 2.29. The predicted octanol–water partition coefficient (Wildman–Crippen LogP) is 11.3. The standard InChI is InChI=1S/C19H18N2O2S.C19H20N2S.2BrH/c1-12-4-6-15(7-5-12)17-11-24-19(20-17)10-16-8-14(3)18(21(22)23)9-13(16)2;1-12-4-6-15(7-5-12)18-11-22-19(21-18)10-16-8-14(3)17(20)9-13(16)2;;/h4-9,11H,10H2,1-3H3;4-9,11H,10,20H2,1-3H3;2*1H. The Hall–Kier alpha value is -3.70. The first-order valence-corrected chi connectivity index (χ1v) is 16.9. The van der Waals surface area contributed by atoms with Crippen LogP contribution in [0.5, 0.6) is 0 Å². The fraction of sp³-hybridized carbons (Fsp3) is 0.211. The van der Waals surface area contributed by atoms with E-state index in [1.165, 1.54) is 27.8 Å². The van der Waals surface area contributed by atoms with E-state index >= 15 is 0 Å². The normalized spacial score (nSPS) is 10.4. The number of hydrogen-bond acceptors (Lipinski definition) is 7. The van der Waals surface area contributed by atoms with Gasteiger partial charge in [0, 0.05) is 52.0 Å². The molecular weight excluding hydrogens is 768 g/mol. The molecule has 0 radical (unpaired) electrons. The molecule has 0 saturated heterocycles. The molecule has 4 aromatic carbocycles. The highest BCUT2D eigenvalue weighted by atomic mass is 79.9. The van der Waals surface area contributed by atoms with Crippen LogP contribution in [0.25, 0.3) is 22.5 Å². The van der Waals surface area contributed by atoms with Crippen LogP contribution in [0, 0.1) is 51.7 Å². The lowest BCUT2D eigenvalue weighted by Crippen LogP contribution is -1.97. The van der Waals surface area contributed by atoms with Gasteiger partial charge < -0.3 is 5.73 Å². The number of benzene rings is 4. The molecule has 48 heavy (non-hydrogen) atoms. The number of hydrogen-bond donors (Lipinski definition) is 1. The first-order chi connectivity index (χ1) is 22.0. The third-order valence-corrected chi connectivity index (χ3v) is 9.75. The summed E-state index contributed by atoms with van der Waals surface area (Å²) in [6.07, 6.45) is 1.56. The summed E-state index contributed by atoms with van der Waals surface area (Å²) in [5.41, 5.74) is 20.2. The number of nitrogens with zero attached hydrogens (tertiary/aromatic N) is 3. The number of halogens is 2. The molecule has 2 aromatic heterocycles. The van der Waals surface area contributed by atoms with Crippen LogP contribution in [0.4, 0.5) is 11.4 Å². The van der Waals surface area contributed by atoms with Gasteiger partial charge in [-0.05, 0) is 81.5 Å². The van der Waals surface area contributed by atoms with Crippen LogP contribution < -0.4 is 5.73 Å². The Morgan fingerprint density at radius 2 is 1.04 bits per heavy atom. The third kappa shape index (κ3) is 9.69. The zero-order chi connectivity index (χ0) is 33.0. The van der Waals surface area contributed by atoms with Gasteiger partial charge in [-0.3, -0.25) is 10.1 Å². The molecule has 0 aliphatic carbocycles. The molecule has 0 bridgehead atoms. The summed E-state index contributed by atoms with van der Waals surface area (Å²) in [7, 11) is 0. The van der Waals surface area contributed by atoms with Gasteiger partial charge in [0.15, 0.2) is 0 Å². The summed E-state index contributed by atoms with van der Waals surface area (Å²) in [6.45, 7) is 12.0. The van der Waals surface area contributed by atoms with E-state index in [1.807, 2.05) is 13.0 Å². The zero-order valence-electron chi connectivity index (χ0n) is 27.9. The molecule has 0 amide bonds. The molecule has 0 saturated carbocycles. The van der Waals surface area contributed by atoms with Crippen molar-refractivity contribution in [1.82, 2.24) is 9.97 Å². The quantitative estimate of drug-likeness (QED) is 0.0984. The minimum Gasteiger partial charge on any atom is -0.399 e. The summed E-state index contributed by atoms with van der Waals surface area (Å²) < 4.78 is 0. The minimum absolute atomic E-state index is 0. The molecule has 2 heterocycles. The first-order valence-electron chi connectivity index (χ1n) is 15.1. The Balaban J connectivity index is 0.000000251. The van der Waals surface area contributed by atoms with Crippen molar-refractivity contribution in [1.29, 1.82) is 0 Å². The number of aryl methyl sites for hydroxylation is 6. The predicted molar refractivity (Wildman–Crippen MR) is 214 cm³/mol. The molecule has 0 spiro atoms. The first kappa shape index (κ1) is 38.7. The molecular formula is C38H40Br2N4O2S2. The second-order valence-corrected chi connectivity index (χ2v) is 13.7. The van der Waals surface area contributed by atoms with Crippen molar-refractivity contribution in [2.24, 2.45) is 0 Å². The lowest BCUT2D eigenvalue weighted by Gasteiger charge is -2.08. The van der Waals surface area contributed by atoms with Gasteiger partial charge in [-0.25, -0.2) is 9.97 Å². The van der Waals surface area contributed by atoms with Gasteiger partial charge in [0.1, 0.15) is 0 Å². The van der Waals surface area contributed by atoms with Crippen molar-refractivity contribution in [3.63, 3.8) is 0 Å². The van der Waals surface area contributed by atoms with Crippen LogP contribution in [0.3, 0.4) is 0 Å². The molecule has 0 atom stereocenters. The van der Waals surface area contributed by atoms with Gasteiger partial charge in [0.05, 0.1) is 26.3 Å². The van der Waals surface area contributed by atoms with E-state index < -0.39 is 0 Å². The fourth-order valence-corrected chi connectivity index (χ4v) is 6.81. The number of aromatic nitrogens is 2.